The van der Waals surface area contributed by atoms with Crippen LogP contribution in [0.15, 0.2) is 24.2 Å². The number of hydrogen-bond acceptors (Lipinski definition) is 11. The molecule has 0 aromatic heterocycles. The second-order valence-corrected chi connectivity index (χ2v) is 13.1. The van der Waals surface area contributed by atoms with Crippen LogP contribution in [-0.4, -0.2) is 69.5 Å². The van der Waals surface area contributed by atoms with Gasteiger partial charge in [-0.25, -0.2) is 0 Å². The Morgan fingerprint density at radius 1 is 0.824 bits per heavy atom. The quantitative estimate of drug-likeness (QED) is 0.143. The molecule has 5 atom stereocenters. The Kier molecular flexibility index (Phi) is 10.8. The second kappa shape index (κ2) is 12.6. The maximum atomic E-state index is 11.8. The van der Waals surface area contributed by atoms with E-state index in [9.17, 15) is 19.2 Å². The molecule has 0 aromatic rings. The van der Waals surface area contributed by atoms with Crippen molar-refractivity contribution in [3.8, 4) is 0 Å². The van der Waals surface area contributed by atoms with Gasteiger partial charge in [-0.2, -0.15) is 0 Å². The van der Waals surface area contributed by atoms with Crippen LogP contribution in [-0.2, 0) is 52.0 Å². The molecule has 1 heterocycles. The first-order valence-corrected chi connectivity index (χ1v) is 14.0. The highest BCUT2D eigenvalue weighted by Gasteiger charge is 2.53. The molecule has 34 heavy (non-hydrogen) atoms. The maximum Gasteiger partial charge on any atom is 0.303 e. The van der Waals surface area contributed by atoms with Gasteiger partial charge in [-0.3, -0.25) is 19.2 Å². The fraction of sp³-hybridized carbons (Fsp3) is 0.636. The summed E-state index contributed by atoms with van der Waals surface area (Å²) in [6.07, 6.45) is -4.96. The first kappa shape index (κ1) is 29.2. The molecule has 192 valence electrons. The van der Waals surface area contributed by atoms with Crippen LogP contribution in [0.1, 0.15) is 34.6 Å². The normalized spacial score (nSPS) is 24.9. The third-order valence-corrected chi connectivity index (χ3v) is 5.06. The predicted octanol–water partition coefficient (Wildman–Crippen LogP) is 2.36. The number of allylic oxidation sites excluding steroid dienone is 1. The Morgan fingerprint density at radius 2 is 1.32 bits per heavy atom. The number of ether oxygens (including phenoxy) is 6. The summed E-state index contributed by atoms with van der Waals surface area (Å²) < 4.78 is 38.4. The molecule has 0 aromatic carbocycles. The van der Waals surface area contributed by atoms with Gasteiger partial charge >= 0.3 is 23.9 Å². The third kappa shape index (κ3) is 9.95. The first-order valence-electron chi connectivity index (χ1n) is 10.6. The van der Waals surface area contributed by atoms with Gasteiger partial charge in [0.2, 0.25) is 20.7 Å². The van der Waals surface area contributed by atoms with E-state index in [4.69, 9.17) is 32.8 Å². The topological polar surface area (TPSA) is 133 Å². The molecule has 0 radical (unpaired) electrons. The van der Waals surface area contributed by atoms with Gasteiger partial charge in [0.25, 0.3) is 0 Å². The Labute approximate surface area is 200 Å². The van der Waals surface area contributed by atoms with Crippen LogP contribution in [0, 0.1) is 0 Å². The second-order valence-electron chi connectivity index (χ2n) is 8.64. The molecule has 12 heteroatoms. The zero-order valence-corrected chi connectivity index (χ0v) is 21.9. The average molecular weight is 503 g/mol. The highest BCUT2D eigenvalue weighted by molar-refractivity contribution is 6.70. The Morgan fingerprint density at radius 3 is 1.79 bits per heavy atom. The number of carbonyl (C=O) groups is 4. The minimum absolute atomic E-state index is 0.341. The van der Waals surface area contributed by atoms with E-state index < -0.39 is 62.9 Å². The van der Waals surface area contributed by atoms with Gasteiger partial charge in [0.1, 0.15) is 18.5 Å². The minimum atomic E-state index is -1.92. The van der Waals surface area contributed by atoms with Crippen LogP contribution in [0.4, 0.5) is 0 Å². The Bertz CT molecular complexity index is 814. The van der Waals surface area contributed by atoms with Crippen LogP contribution in [0.5, 0.6) is 0 Å². The van der Waals surface area contributed by atoms with Crippen molar-refractivity contribution >= 4 is 32.2 Å². The molecule has 1 aliphatic heterocycles. The van der Waals surface area contributed by atoms with Gasteiger partial charge in [-0.1, -0.05) is 6.58 Å². The minimum Gasteiger partial charge on any atom is -0.544 e. The summed E-state index contributed by atoms with van der Waals surface area (Å²) in [7, 11) is -1.92. The summed E-state index contributed by atoms with van der Waals surface area (Å²) in [4.78, 5) is 46.8. The summed E-state index contributed by atoms with van der Waals surface area (Å²) >= 11 is 0. The summed E-state index contributed by atoms with van der Waals surface area (Å²) in [5.41, 5.74) is 0.537. The lowest BCUT2D eigenvalue weighted by Gasteiger charge is -2.43. The molecule has 0 N–H and O–H groups in total. The smallest absolute Gasteiger partial charge is 0.303 e. The van der Waals surface area contributed by atoms with Crippen LogP contribution >= 0.6 is 0 Å². The maximum absolute atomic E-state index is 11.8. The van der Waals surface area contributed by atoms with E-state index in [2.05, 4.69) is 6.58 Å². The Hall–Kier alpha value is -2.86. The van der Waals surface area contributed by atoms with Crippen molar-refractivity contribution in [3.05, 3.63) is 24.2 Å². The van der Waals surface area contributed by atoms with Crippen molar-refractivity contribution in [2.75, 3.05) is 6.61 Å². The standard InChI is InChI=1S/C22H34O11Si/c1-12(13(2)33-34(7,8)9)10-28-22-21(31-17(6)26)20(30-16(5)25)19(29-15(4)24)18(32-22)11-27-14(3)23/h10,18-22H,2,11H2,1,3-9H3/b12-10+/t18-,19-,20+,21-,22-/m1/s1. The van der Waals surface area contributed by atoms with Crippen LogP contribution in [0.2, 0.25) is 19.6 Å². The van der Waals surface area contributed by atoms with Gasteiger partial charge in [0, 0.05) is 33.3 Å². The predicted molar refractivity (Wildman–Crippen MR) is 120 cm³/mol. The Balaban J connectivity index is 3.33. The summed E-state index contributed by atoms with van der Waals surface area (Å²) in [5.74, 6) is -2.37. The van der Waals surface area contributed by atoms with E-state index in [0.29, 0.717) is 11.3 Å². The van der Waals surface area contributed by atoms with Crippen molar-refractivity contribution in [2.45, 2.75) is 85.0 Å². The zero-order valence-electron chi connectivity index (χ0n) is 20.9. The molecule has 0 unspecified atom stereocenters. The van der Waals surface area contributed by atoms with Gasteiger partial charge in [-0.15, -0.1) is 0 Å². The lowest BCUT2D eigenvalue weighted by Crippen LogP contribution is -2.62. The lowest BCUT2D eigenvalue weighted by molar-refractivity contribution is -0.297. The van der Waals surface area contributed by atoms with Crippen LogP contribution in [0.3, 0.4) is 0 Å². The number of carbonyl (C=O) groups excluding carboxylic acids is 4. The average Bonchev–Trinajstić information content (AvgIpc) is 2.65. The number of rotatable bonds is 10. The third-order valence-electron chi connectivity index (χ3n) is 4.20. The fourth-order valence-corrected chi connectivity index (χ4v) is 3.88. The molecule has 0 amide bonds. The van der Waals surface area contributed by atoms with E-state index >= 15 is 0 Å². The fourth-order valence-electron chi connectivity index (χ4n) is 2.98. The summed E-state index contributed by atoms with van der Waals surface area (Å²) in [5, 5.41) is 0. The largest absolute Gasteiger partial charge is 0.544 e. The van der Waals surface area contributed by atoms with Gasteiger partial charge in [-0.05, 0) is 26.6 Å². The molecule has 0 spiro atoms. The molecular weight excluding hydrogens is 468 g/mol. The molecule has 1 aliphatic rings. The number of esters is 4. The number of hydrogen-bond donors (Lipinski definition) is 0. The molecule has 1 fully saturated rings. The molecule has 11 nitrogen and oxygen atoms in total. The van der Waals surface area contributed by atoms with Crippen molar-refractivity contribution in [1.29, 1.82) is 0 Å². The first-order chi connectivity index (χ1) is 15.6. The highest BCUT2D eigenvalue weighted by atomic mass is 28.4. The highest BCUT2D eigenvalue weighted by Crippen LogP contribution is 2.30. The van der Waals surface area contributed by atoms with Gasteiger partial charge < -0.3 is 32.8 Å². The van der Waals surface area contributed by atoms with E-state index in [0.717, 1.165) is 20.8 Å². The lowest BCUT2D eigenvalue weighted by atomic mass is 9.98. The molecule has 1 rings (SSSR count). The van der Waals surface area contributed by atoms with Crippen molar-refractivity contribution in [1.82, 2.24) is 0 Å². The molecular formula is C22H34O11Si. The van der Waals surface area contributed by atoms with Crippen molar-refractivity contribution in [2.24, 2.45) is 0 Å². The van der Waals surface area contributed by atoms with Crippen molar-refractivity contribution < 1.29 is 52.0 Å². The zero-order chi connectivity index (χ0) is 26.2. The summed E-state index contributed by atoms with van der Waals surface area (Å²) in [6, 6.07) is 0. The molecule has 0 saturated carbocycles. The monoisotopic (exact) mass is 502 g/mol. The van der Waals surface area contributed by atoms with Crippen LogP contribution in [0.25, 0.3) is 0 Å². The SMILES string of the molecule is C=C(O[Si](C)(C)C)/C(C)=C/O[C@@H]1O[C@H](COC(C)=O)[C@@H](OC(C)=O)[C@H](OC(C)=O)[C@H]1OC(C)=O. The van der Waals surface area contributed by atoms with E-state index in [1.807, 2.05) is 19.6 Å². The van der Waals surface area contributed by atoms with E-state index in [-0.39, 0.29) is 6.61 Å². The molecule has 0 aliphatic carbocycles. The van der Waals surface area contributed by atoms with Gasteiger partial charge in [0.15, 0.2) is 12.2 Å². The van der Waals surface area contributed by atoms with E-state index in [1.54, 1.807) is 6.92 Å². The van der Waals surface area contributed by atoms with E-state index in [1.165, 1.54) is 13.2 Å². The molecule has 1 saturated heterocycles. The summed E-state index contributed by atoms with van der Waals surface area (Å²) in [6.45, 7) is 15.9. The van der Waals surface area contributed by atoms with Gasteiger partial charge in [0.05, 0.1) is 6.26 Å². The van der Waals surface area contributed by atoms with Crippen LogP contribution < -0.4 is 0 Å². The molecule has 0 bridgehead atoms. The van der Waals surface area contributed by atoms with Crippen molar-refractivity contribution in [3.63, 3.8) is 0 Å².